The lowest BCUT2D eigenvalue weighted by atomic mass is 10.2. The van der Waals surface area contributed by atoms with Gasteiger partial charge in [0.05, 0.1) is 0 Å². The first kappa shape index (κ1) is 5.48. The molecule has 1 aromatic heterocycles. The van der Waals surface area contributed by atoms with E-state index in [4.69, 9.17) is 0 Å². The Morgan fingerprint density at radius 3 is 3.22 bits per heavy atom. The van der Waals surface area contributed by atoms with Crippen LogP contribution < -0.4 is 0 Å². The van der Waals surface area contributed by atoms with Crippen LogP contribution in [0.25, 0.3) is 0 Å². The van der Waals surface area contributed by atoms with Gasteiger partial charge in [0.2, 0.25) is 0 Å². The molecule has 47 valence electrons. The summed E-state index contributed by atoms with van der Waals surface area (Å²) in [6, 6.07) is 2.28. The quantitative estimate of drug-likeness (QED) is 0.515. The summed E-state index contributed by atoms with van der Waals surface area (Å²) in [5.74, 6) is 0. The normalized spacial score (nSPS) is 16.1. The van der Waals surface area contributed by atoms with Crippen LogP contribution in [0.1, 0.15) is 21.7 Å². The zero-order valence-corrected chi connectivity index (χ0v) is 6.29. The van der Waals surface area contributed by atoms with Crippen molar-refractivity contribution in [2.24, 2.45) is 0 Å². The maximum Gasteiger partial charge on any atom is 0.00833 e. The van der Waals surface area contributed by atoms with Crippen LogP contribution in [0.5, 0.6) is 0 Å². The first-order chi connectivity index (χ1) is 4.36. The number of rotatable bonds is 0. The van der Waals surface area contributed by atoms with E-state index in [-0.39, 0.29) is 0 Å². The summed E-state index contributed by atoms with van der Waals surface area (Å²) in [4.78, 5) is 3.04. The fourth-order valence-corrected chi connectivity index (χ4v) is 2.36. The second kappa shape index (κ2) is 1.84. The highest BCUT2D eigenvalue weighted by Gasteiger charge is 2.12. The molecule has 2 rings (SSSR count). The fraction of sp³-hybridized carbons (Fsp3) is 0.375. The lowest BCUT2D eigenvalue weighted by Gasteiger charge is -1.80. The molecule has 1 radical (unpaired) electrons. The summed E-state index contributed by atoms with van der Waals surface area (Å²) < 4.78 is 0. The minimum Gasteiger partial charge on any atom is -0.145 e. The summed E-state index contributed by atoms with van der Waals surface area (Å²) in [5, 5.41) is 0. The van der Waals surface area contributed by atoms with Gasteiger partial charge in [-0.15, -0.1) is 11.3 Å². The van der Waals surface area contributed by atoms with Gasteiger partial charge in [0, 0.05) is 9.75 Å². The van der Waals surface area contributed by atoms with Gasteiger partial charge in [0.25, 0.3) is 0 Å². The molecule has 0 saturated heterocycles. The van der Waals surface area contributed by atoms with Crippen LogP contribution in [0.4, 0.5) is 0 Å². The monoisotopic (exact) mass is 137 g/mol. The molecule has 0 N–H and O–H groups in total. The molecule has 1 heterocycles. The van der Waals surface area contributed by atoms with E-state index >= 15 is 0 Å². The van der Waals surface area contributed by atoms with E-state index < -0.39 is 0 Å². The second-order valence-corrected chi connectivity index (χ2v) is 3.82. The maximum atomic E-state index is 2.33. The molecule has 0 saturated carbocycles. The van der Waals surface area contributed by atoms with Crippen molar-refractivity contribution in [2.75, 3.05) is 0 Å². The Morgan fingerprint density at radius 2 is 2.44 bits per heavy atom. The lowest BCUT2D eigenvalue weighted by molar-refractivity contribution is 1.05. The van der Waals surface area contributed by atoms with Gasteiger partial charge in [-0.25, -0.2) is 0 Å². The average Bonchev–Trinajstić information content (AvgIpc) is 2.22. The summed E-state index contributed by atoms with van der Waals surface area (Å²) in [5.41, 5.74) is 1.50. The third-order valence-corrected chi connectivity index (χ3v) is 2.83. The minimum atomic E-state index is 1.27. The third kappa shape index (κ3) is 0.799. The summed E-state index contributed by atoms with van der Waals surface area (Å²) in [7, 11) is 0. The predicted molar refractivity (Wildman–Crippen MR) is 40.8 cm³/mol. The molecule has 1 aromatic rings. The van der Waals surface area contributed by atoms with Gasteiger partial charge < -0.3 is 0 Å². The predicted octanol–water partition coefficient (Wildman–Crippen LogP) is 2.56. The molecular weight excluding hydrogens is 128 g/mol. The van der Waals surface area contributed by atoms with Crippen molar-refractivity contribution in [1.82, 2.24) is 0 Å². The van der Waals surface area contributed by atoms with E-state index in [1.807, 2.05) is 11.3 Å². The zero-order chi connectivity index (χ0) is 6.27. The lowest BCUT2D eigenvalue weighted by Crippen LogP contribution is -1.64. The molecule has 1 heteroatoms. The van der Waals surface area contributed by atoms with Crippen molar-refractivity contribution in [2.45, 2.75) is 19.8 Å². The Kier molecular flexibility index (Phi) is 1.12. The van der Waals surface area contributed by atoms with Crippen LogP contribution in [0, 0.1) is 13.3 Å². The third-order valence-electron chi connectivity index (χ3n) is 1.70. The fourth-order valence-electron chi connectivity index (χ4n) is 1.31. The number of hydrogen-bond acceptors (Lipinski definition) is 1. The van der Waals surface area contributed by atoms with Gasteiger partial charge in [0.1, 0.15) is 0 Å². The van der Waals surface area contributed by atoms with Crippen LogP contribution in [0.15, 0.2) is 6.07 Å². The largest absolute Gasteiger partial charge is 0.145 e. The molecule has 0 nitrogen and oxygen atoms in total. The van der Waals surface area contributed by atoms with E-state index in [0.717, 1.165) is 0 Å². The van der Waals surface area contributed by atoms with Gasteiger partial charge in [0.15, 0.2) is 0 Å². The summed E-state index contributed by atoms with van der Waals surface area (Å²) in [6.45, 7) is 2.18. The van der Waals surface area contributed by atoms with Crippen LogP contribution >= 0.6 is 11.3 Å². The average molecular weight is 137 g/mol. The van der Waals surface area contributed by atoms with Gasteiger partial charge in [-0.1, -0.05) is 0 Å². The number of hydrogen-bond donors (Lipinski definition) is 0. The summed E-state index contributed by atoms with van der Waals surface area (Å²) in [6.07, 6.45) is 4.88. The van der Waals surface area contributed by atoms with Crippen molar-refractivity contribution in [3.8, 4) is 0 Å². The number of fused-ring (bicyclic) bond motifs is 1. The molecule has 1 aliphatic carbocycles. The molecule has 0 bridgehead atoms. The van der Waals surface area contributed by atoms with E-state index in [1.165, 1.54) is 23.3 Å². The molecule has 1 aliphatic rings. The Bertz CT molecular complexity index is 201. The van der Waals surface area contributed by atoms with Gasteiger partial charge >= 0.3 is 0 Å². The van der Waals surface area contributed by atoms with Crippen molar-refractivity contribution in [3.05, 3.63) is 27.8 Å². The number of aryl methyl sites for hydroxylation is 2. The maximum absolute atomic E-state index is 2.33. The van der Waals surface area contributed by atoms with Crippen molar-refractivity contribution < 1.29 is 0 Å². The molecule has 9 heavy (non-hydrogen) atoms. The zero-order valence-electron chi connectivity index (χ0n) is 5.48. The standard InChI is InChI=1S/C8H9S/c1-6-5-7-3-2-4-8(7)9-6/h3,5H,2,4H2,1H3. The van der Waals surface area contributed by atoms with Crippen LogP contribution in [0.2, 0.25) is 0 Å². The van der Waals surface area contributed by atoms with Crippen molar-refractivity contribution in [1.29, 1.82) is 0 Å². The Hall–Kier alpha value is -0.300. The van der Waals surface area contributed by atoms with E-state index in [9.17, 15) is 0 Å². The molecule has 0 unspecified atom stereocenters. The van der Waals surface area contributed by atoms with E-state index in [2.05, 4.69) is 19.4 Å². The van der Waals surface area contributed by atoms with Crippen LogP contribution in [-0.4, -0.2) is 0 Å². The Balaban J connectivity index is 2.51. The first-order valence-corrected chi connectivity index (χ1v) is 4.10. The van der Waals surface area contributed by atoms with Gasteiger partial charge in [-0.2, -0.15) is 0 Å². The molecule has 0 fully saturated rings. The van der Waals surface area contributed by atoms with Crippen LogP contribution in [0.3, 0.4) is 0 Å². The molecule has 0 aromatic carbocycles. The smallest absolute Gasteiger partial charge is 0.00833 e. The van der Waals surface area contributed by atoms with E-state index in [0.29, 0.717) is 0 Å². The highest BCUT2D eigenvalue weighted by atomic mass is 32.1. The highest BCUT2D eigenvalue weighted by molar-refractivity contribution is 7.12. The number of thiophene rings is 1. The second-order valence-electron chi connectivity index (χ2n) is 2.48. The minimum absolute atomic E-state index is 1.27. The first-order valence-electron chi connectivity index (χ1n) is 3.29. The Morgan fingerprint density at radius 1 is 1.56 bits per heavy atom. The Labute approximate surface area is 59.5 Å². The van der Waals surface area contributed by atoms with Crippen molar-refractivity contribution >= 4 is 11.3 Å². The van der Waals surface area contributed by atoms with Gasteiger partial charge in [-0.3, -0.25) is 0 Å². The highest BCUT2D eigenvalue weighted by Crippen LogP contribution is 2.30. The molecule has 0 spiro atoms. The molecule has 0 atom stereocenters. The molecule has 0 aliphatic heterocycles. The molecule has 0 amide bonds. The summed E-state index contributed by atoms with van der Waals surface area (Å²) >= 11 is 1.95. The van der Waals surface area contributed by atoms with Gasteiger partial charge in [-0.05, 0) is 37.8 Å². The topological polar surface area (TPSA) is 0 Å². The molecular formula is C8H9S. The van der Waals surface area contributed by atoms with E-state index in [1.54, 1.807) is 4.88 Å². The van der Waals surface area contributed by atoms with Crippen LogP contribution in [-0.2, 0) is 6.42 Å². The SMILES string of the molecule is Cc1cc2c(s1)CC[CH]2. The van der Waals surface area contributed by atoms with Crippen molar-refractivity contribution in [3.63, 3.8) is 0 Å².